The van der Waals surface area contributed by atoms with Gasteiger partial charge < -0.3 is 19.5 Å². The summed E-state index contributed by atoms with van der Waals surface area (Å²) in [5, 5.41) is 12.8. The summed E-state index contributed by atoms with van der Waals surface area (Å²) in [5.74, 6) is -0.245. The largest absolute Gasteiger partial charge is 0.462 e. The van der Waals surface area contributed by atoms with Crippen LogP contribution in [0.25, 0.3) is 0 Å². The predicted molar refractivity (Wildman–Crippen MR) is 129 cm³/mol. The normalized spacial score (nSPS) is 41.4. The molecular formula is C26H37ClN2O4. The van der Waals surface area contributed by atoms with E-state index in [0.29, 0.717) is 13.0 Å². The summed E-state index contributed by atoms with van der Waals surface area (Å²) in [4.78, 5) is 17.7. The second kappa shape index (κ2) is 8.40. The lowest BCUT2D eigenvalue weighted by Gasteiger charge is -2.62. The van der Waals surface area contributed by atoms with Crippen LogP contribution in [-0.4, -0.2) is 73.1 Å². The number of anilines is 1. The number of nitrogens with zero attached hydrogens (tertiary/aromatic N) is 2. The standard InChI is InChI=1S/C26H37ClN2O4/c1-24-8-5-9-25(2,32-3)26(24,31)15-20-21(23(30)33-22(20)16-24)17-28-10-12-29(13-11-28)19-7-4-6-18(27)14-19/h4,6-7,14,20-22,31H,5,8-13,15-17H2,1-3H3/t20-,21-,22+,24+,25+,26-/m0/s1. The maximum atomic E-state index is 13.0. The lowest BCUT2D eigenvalue weighted by atomic mass is 9.49. The van der Waals surface area contributed by atoms with E-state index >= 15 is 0 Å². The van der Waals surface area contributed by atoms with Gasteiger partial charge in [0.05, 0.1) is 17.1 Å². The highest BCUT2D eigenvalue weighted by atomic mass is 35.5. The average molecular weight is 477 g/mol. The molecule has 0 spiro atoms. The van der Waals surface area contributed by atoms with Crippen LogP contribution in [0.3, 0.4) is 0 Å². The van der Waals surface area contributed by atoms with Crippen molar-refractivity contribution in [3.63, 3.8) is 0 Å². The number of hydrogen-bond donors (Lipinski definition) is 1. The molecule has 33 heavy (non-hydrogen) atoms. The lowest BCUT2D eigenvalue weighted by Crippen LogP contribution is -2.69. The Hall–Kier alpha value is -1.34. The number of halogens is 1. The Morgan fingerprint density at radius 2 is 1.94 bits per heavy atom. The van der Waals surface area contributed by atoms with E-state index in [1.807, 2.05) is 25.1 Å². The monoisotopic (exact) mass is 476 g/mol. The molecule has 2 saturated heterocycles. The van der Waals surface area contributed by atoms with E-state index in [9.17, 15) is 9.90 Å². The molecule has 0 unspecified atom stereocenters. The molecule has 6 nitrogen and oxygen atoms in total. The summed E-state index contributed by atoms with van der Waals surface area (Å²) in [6.45, 7) is 8.50. The third-order valence-electron chi connectivity index (χ3n) is 9.45. The number of aliphatic hydroxyl groups is 1. The van der Waals surface area contributed by atoms with Gasteiger partial charge in [-0.15, -0.1) is 0 Å². The minimum Gasteiger partial charge on any atom is -0.462 e. The van der Waals surface area contributed by atoms with Crippen LogP contribution in [0.1, 0.15) is 46.0 Å². The number of carbonyl (C=O) groups is 1. The predicted octanol–water partition coefficient (Wildman–Crippen LogP) is 3.74. The van der Waals surface area contributed by atoms with E-state index in [0.717, 1.165) is 62.6 Å². The Kier molecular flexibility index (Phi) is 5.96. The zero-order valence-corrected chi connectivity index (χ0v) is 20.8. The van der Waals surface area contributed by atoms with Gasteiger partial charge in [0, 0.05) is 61.9 Å². The molecule has 1 N–H and O–H groups in total. The van der Waals surface area contributed by atoms with Crippen LogP contribution >= 0.6 is 11.6 Å². The zero-order valence-electron chi connectivity index (χ0n) is 20.1. The van der Waals surface area contributed by atoms with Crippen LogP contribution in [0.2, 0.25) is 5.02 Å². The third-order valence-corrected chi connectivity index (χ3v) is 9.69. The van der Waals surface area contributed by atoms with E-state index in [1.165, 1.54) is 0 Å². The second-order valence-corrected chi connectivity index (χ2v) is 11.6. The fourth-order valence-corrected chi connectivity index (χ4v) is 7.42. The first-order valence-electron chi connectivity index (χ1n) is 12.4. The summed E-state index contributed by atoms with van der Waals surface area (Å²) in [5.41, 5.74) is -0.697. The van der Waals surface area contributed by atoms with Crippen LogP contribution in [0.4, 0.5) is 5.69 Å². The Bertz CT molecular complexity index is 906. The molecule has 0 bridgehead atoms. The number of benzene rings is 1. The van der Waals surface area contributed by atoms with Gasteiger partial charge in [0.2, 0.25) is 0 Å². The molecule has 0 radical (unpaired) electrons. The van der Waals surface area contributed by atoms with Gasteiger partial charge in [0.1, 0.15) is 6.10 Å². The summed E-state index contributed by atoms with van der Waals surface area (Å²) in [6.07, 6.45) is 4.00. The van der Waals surface area contributed by atoms with Gasteiger partial charge >= 0.3 is 5.97 Å². The van der Waals surface area contributed by atoms with Crippen LogP contribution < -0.4 is 4.90 Å². The molecule has 2 heterocycles. The lowest BCUT2D eigenvalue weighted by molar-refractivity contribution is -0.270. The zero-order chi connectivity index (χ0) is 23.4. The van der Waals surface area contributed by atoms with E-state index < -0.39 is 11.2 Å². The quantitative estimate of drug-likeness (QED) is 0.668. The van der Waals surface area contributed by atoms with Crippen molar-refractivity contribution in [2.24, 2.45) is 17.3 Å². The smallest absolute Gasteiger partial charge is 0.310 e. The van der Waals surface area contributed by atoms with Crippen LogP contribution in [0, 0.1) is 17.3 Å². The Morgan fingerprint density at radius 1 is 1.18 bits per heavy atom. The molecule has 2 aliphatic heterocycles. The number of esters is 1. The number of methoxy groups -OCH3 is 1. The topological polar surface area (TPSA) is 62.2 Å². The van der Waals surface area contributed by atoms with Crippen LogP contribution in [0.5, 0.6) is 0 Å². The van der Waals surface area contributed by atoms with Crippen molar-refractivity contribution in [3.8, 4) is 0 Å². The van der Waals surface area contributed by atoms with Gasteiger partial charge in [-0.2, -0.15) is 0 Å². The molecule has 1 aromatic rings. The van der Waals surface area contributed by atoms with Crippen molar-refractivity contribution in [1.82, 2.24) is 4.90 Å². The van der Waals surface area contributed by atoms with Gasteiger partial charge in [0.15, 0.2) is 0 Å². The van der Waals surface area contributed by atoms with E-state index in [4.69, 9.17) is 21.1 Å². The van der Waals surface area contributed by atoms with Gasteiger partial charge in [-0.3, -0.25) is 9.69 Å². The van der Waals surface area contributed by atoms with E-state index in [1.54, 1.807) is 7.11 Å². The highest BCUT2D eigenvalue weighted by Gasteiger charge is 2.67. The Balaban J connectivity index is 1.28. The summed E-state index contributed by atoms with van der Waals surface area (Å²) >= 11 is 6.17. The van der Waals surface area contributed by atoms with Gasteiger partial charge in [-0.05, 0) is 57.2 Å². The molecule has 0 aromatic heterocycles. The number of ether oxygens (including phenoxy) is 2. The van der Waals surface area contributed by atoms with E-state index in [-0.39, 0.29) is 29.3 Å². The molecule has 4 aliphatic rings. The highest BCUT2D eigenvalue weighted by Crippen LogP contribution is 2.61. The number of hydrogen-bond acceptors (Lipinski definition) is 6. The third kappa shape index (κ3) is 3.78. The first-order chi connectivity index (χ1) is 15.7. The second-order valence-electron chi connectivity index (χ2n) is 11.1. The SMILES string of the molecule is CO[C@]1(C)CCC[C@]2(C)C[C@H]3OC(=O)[C@@H](CN4CCN(c5cccc(Cl)c5)CC4)[C@@H]3C[C@]21O. The highest BCUT2D eigenvalue weighted by molar-refractivity contribution is 6.30. The maximum absolute atomic E-state index is 13.0. The number of fused-ring (bicyclic) bond motifs is 2. The molecule has 182 valence electrons. The minimum absolute atomic E-state index is 0.0362. The first kappa shape index (κ1) is 23.4. The summed E-state index contributed by atoms with van der Waals surface area (Å²) < 4.78 is 11.9. The van der Waals surface area contributed by atoms with Gasteiger partial charge in [0.25, 0.3) is 0 Å². The minimum atomic E-state index is -0.953. The van der Waals surface area contributed by atoms with Crippen molar-refractivity contribution in [2.45, 2.75) is 63.3 Å². The molecule has 5 rings (SSSR count). The van der Waals surface area contributed by atoms with Crippen LogP contribution in [0.15, 0.2) is 24.3 Å². The average Bonchev–Trinajstić information content (AvgIpc) is 3.07. The van der Waals surface area contributed by atoms with Crippen molar-refractivity contribution in [1.29, 1.82) is 0 Å². The Morgan fingerprint density at radius 3 is 2.64 bits per heavy atom. The fourth-order valence-electron chi connectivity index (χ4n) is 7.23. The molecule has 2 saturated carbocycles. The molecule has 7 heteroatoms. The van der Waals surface area contributed by atoms with Crippen molar-refractivity contribution < 1.29 is 19.4 Å². The molecule has 2 aliphatic carbocycles. The van der Waals surface area contributed by atoms with E-state index in [2.05, 4.69) is 22.8 Å². The molecule has 0 amide bonds. The fraction of sp³-hybridized carbons (Fsp3) is 0.731. The van der Waals surface area contributed by atoms with Gasteiger partial charge in [-0.1, -0.05) is 24.6 Å². The number of rotatable bonds is 4. The number of carbonyl (C=O) groups excluding carboxylic acids is 1. The van der Waals surface area contributed by atoms with Gasteiger partial charge in [-0.25, -0.2) is 0 Å². The Labute approximate surface area is 202 Å². The molecule has 4 fully saturated rings. The van der Waals surface area contributed by atoms with Crippen molar-refractivity contribution >= 4 is 23.3 Å². The molecular weight excluding hydrogens is 440 g/mol. The summed E-state index contributed by atoms with van der Waals surface area (Å²) in [7, 11) is 1.71. The molecule has 1 aromatic carbocycles. The molecule has 6 atom stereocenters. The number of piperazine rings is 1. The van der Waals surface area contributed by atoms with Crippen molar-refractivity contribution in [2.75, 3.05) is 44.7 Å². The summed E-state index contributed by atoms with van der Waals surface area (Å²) in [6, 6.07) is 7.98. The van der Waals surface area contributed by atoms with Crippen molar-refractivity contribution in [3.05, 3.63) is 29.3 Å². The first-order valence-corrected chi connectivity index (χ1v) is 12.8. The van der Waals surface area contributed by atoms with Crippen LogP contribution in [-0.2, 0) is 14.3 Å². The maximum Gasteiger partial charge on any atom is 0.310 e.